The molecule has 0 spiro atoms. The molecule has 0 fully saturated rings. The molecule has 4 N–H and O–H groups in total. The average molecular weight is 723 g/mol. The highest BCUT2D eigenvalue weighted by atomic mass is 16.3. The van der Waals surface area contributed by atoms with E-state index in [0.717, 1.165) is 5.56 Å². The highest BCUT2D eigenvalue weighted by Crippen LogP contribution is 2.47. The zero-order valence-corrected chi connectivity index (χ0v) is 29.9. The van der Waals surface area contributed by atoms with E-state index in [1.165, 1.54) is 4.90 Å². The quantitative estimate of drug-likeness (QED) is 0.0962. The third-order valence-electron chi connectivity index (χ3n) is 9.44. The molecule has 4 amide bonds. The van der Waals surface area contributed by atoms with Crippen LogP contribution in [-0.2, 0) is 28.3 Å². The molecule has 10 nitrogen and oxygen atoms in total. The van der Waals surface area contributed by atoms with Gasteiger partial charge in [-0.05, 0) is 65.7 Å². The summed E-state index contributed by atoms with van der Waals surface area (Å²) in [4.78, 5) is 56.6. The number of nitrogens with one attached hydrogen (secondary N) is 2. The van der Waals surface area contributed by atoms with E-state index in [9.17, 15) is 29.4 Å². The van der Waals surface area contributed by atoms with E-state index in [1.807, 2.05) is 48.5 Å². The molecule has 1 aliphatic heterocycles. The predicted octanol–water partition coefficient (Wildman–Crippen LogP) is 6.53. The first-order valence-corrected chi connectivity index (χ1v) is 17.8. The molecule has 1 aliphatic rings. The molecule has 0 bridgehead atoms. The molecule has 0 saturated heterocycles. The van der Waals surface area contributed by atoms with Crippen molar-refractivity contribution in [3.05, 3.63) is 173 Å². The minimum atomic E-state index is -2.05. The number of nitrogens with zero attached hydrogens (tertiary/aromatic N) is 2. The van der Waals surface area contributed by atoms with Crippen LogP contribution in [0, 0.1) is 5.92 Å². The van der Waals surface area contributed by atoms with Gasteiger partial charge in [0.25, 0.3) is 17.7 Å². The fraction of sp³-hybridized carbons (Fsp3) is 0.182. The molecule has 5 aromatic rings. The number of fused-ring (bicyclic) bond motifs is 1. The van der Waals surface area contributed by atoms with Crippen molar-refractivity contribution >= 4 is 40.7 Å². The highest BCUT2D eigenvalue weighted by molar-refractivity contribution is 6.09. The minimum Gasteiger partial charge on any atom is -0.395 e. The van der Waals surface area contributed by atoms with Gasteiger partial charge in [0.05, 0.1) is 18.8 Å². The summed E-state index contributed by atoms with van der Waals surface area (Å²) in [6.07, 6.45) is 3.28. The Morgan fingerprint density at radius 3 is 1.94 bits per heavy atom. The lowest BCUT2D eigenvalue weighted by Crippen LogP contribution is -2.44. The molecule has 6 rings (SSSR count). The van der Waals surface area contributed by atoms with Crippen molar-refractivity contribution < 1.29 is 29.4 Å². The minimum absolute atomic E-state index is 0.00726. The lowest BCUT2D eigenvalue weighted by Gasteiger charge is -2.28. The predicted molar refractivity (Wildman–Crippen MR) is 209 cm³/mol. The van der Waals surface area contributed by atoms with Crippen LogP contribution < -0.4 is 15.5 Å². The van der Waals surface area contributed by atoms with Crippen LogP contribution in [0.15, 0.2) is 146 Å². The first kappa shape index (κ1) is 37.4. The summed E-state index contributed by atoms with van der Waals surface area (Å²) in [6.45, 7) is 2.10. The van der Waals surface area contributed by atoms with Crippen LogP contribution in [0.1, 0.15) is 50.8 Å². The van der Waals surface area contributed by atoms with E-state index in [2.05, 4.69) is 10.6 Å². The van der Waals surface area contributed by atoms with Crippen molar-refractivity contribution in [2.45, 2.75) is 32.0 Å². The van der Waals surface area contributed by atoms with Gasteiger partial charge in [0.15, 0.2) is 5.60 Å². The SMILES string of the molecule is C[C@H](/C=C/CC(=O)N(CCO)Cc1ccccc1)[C@@]1(O)C(=O)N(Cc2cccc(NC(=O)c3ccccc3)c2)c2ccc(NC(=O)c3ccccc3)cc21. The number of carbonyl (C=O) groups excluding carboxylic acids is 4. The Bertz CT molecular complexity index is 2140. The number of rotatable bonds is 14. The average Bonchev–Trinajstić information content (AvgIpc) is 3.40. The summed E-state index contributed by atoms with van der Waals surface area (Å²) >= 11 is 0. The Morgan fingerprint density at radius 1 is 0.759 bits per heavy atom. The first-order chi connectivity index (χ1) is 26.2. The zero-order valence-electron chi connectivity index (χ0n) is 29.9. The highest BCUT2D eigenvalue weighted by Gasteiger charge is 2.52. The van der Waals surface area contributed by atoms with Crippen molar-refractivity contribution in [2.75, 3.05) is 28.7 Å². The van der Waals surface area contributed by atoms with Gasteiger partial charge in [-0.25, -0.2) is 0 Å². The summed E-state index contributed by atoms with van der Waals surface area (Å²) in [6, 6.07) is 39.2. The molecule has 274 valence electrons. The van der Waals surface area contributed by atoms with Crippen molar-refractivity contribution in [2.24, 2.45) is 5.92 Å². The van der Waals surface area contributed by atoms with E-state index >= 15 is 0 Å². The summed E-state index contributed by atoms with van der Waals surface area (Å²) in [5, 5.41) is 27.8. The molecule has 0 saturated carbocycles. The number of aliphatic hydroxyl groups excluding tert-OH is 1. The van der Waals surface area contributed by atoms with Gasteiger partial charge in [0.1, 0.15) is 0 Å². The third kappa shape index (κ3) is 8.47. The van der Waals surface area contributed by atoms with Crippen LogP contribution in [0.5, 0.6) is 0 Å². The van der Waals surface area contributed by atoms with Gasteiger partial charge in [-0.1, -0.05) is 97.9 Å². The van der Waals surface area contributed by atoms with Gasteiger partial charge in [-0.3, -0.25) is 19.2 Å². The van der Waals surface area contributed by atoms with E-state index in [4.69, 9.17) is 0 Å². The maximum absolute atomic E-state index is 14.4. The number of carbonyl (C=O) groups is 4. The molecule has 0 aromatic heterocycles. The molecule has 0 aliphatic carbocycles. The number of benzene rings is 5. The molecule has 1 heterocycles. The fourth-order valence-corrected chi connectivity index (χ4v) is 6.56. The zero-order chi connectivity index (χ0) is 38.1. The van der Waals surface area contributed by atoms with Crippen LogP contribution in [0.4, 0.5) is 17.1 Å². The van der Waals surface area contributed by atoms with E-state index in [-0.39, 0.29) is 43.8 Å². The molecule has 0 unspecified atom stereocenters. The molecular weight excluding hydrogens is 681 g/mol. The Hall–Kier alpha value is -6.36. The molecule has 0 radical (unpaired) electrons. The van der Waals surface area contributed by atoms with Gasteiger partial charge in [0, 0.05) is 53.5 Å². The number of hydrogen-bond acceptors (Lipinski definition) is 6. The van der Waals surface area contributed by atoms with Gasteiger partial charge >= 0.3 is 0 Å². The number of hydrogen-bond donors (Lipinski definition) is 4. The summed E-state index contributed by atoms with van der Waals surface area (Å²) in [5.74, 6) is -2.19. The van der Waals surface area contributed by atoms with Gasteiger partial charge in [0.2, 0.25) is 5.91 Å². The van der Waals surface area contributed by atoms with Gasteiger partial charge < -0.3 is 30.6 Å². The second-order valence-electron chi connectivity index (χ2n) is 13.2. The van der Waals surface area contributed by atoms with Crippen LogP contribution in [-0.4, -0.2) is 51.9 Å². The third-order valence-corrected chi connectivity index (χ3v) is 9.44. The molecular formula is C44H42N4O6. The Labute approximate surface area is 314 Å². The summed E-state index contributed by atoms with van der Waals surface area (Å²) in [5.41, 5.74) is 2.27. The van der Waals surface area contributed by atoms with Crippen LogP contribution in [0.2, 0.25) is 0 Å². The van der Waals surface area contributed by atoms with Gasteiger partial charge in [-0.2, -0.15) is 0 Å². The molecule has 10 heteroatoms. The topological polar surface area (TPSA) is 139 Å². The lowest BCUT2D eigenvalue weighted by molar-refractivity contribution is -0.139. The number of amides is 4. The largest absolute Gasteiger partial charge is 0.395 e. The van der Waals surface area contributed by atoms with Crippen molar-refractivity contribution in [1.82, 2.24) is 4.90 Å². The standard InChI is InChI=1S/C44H42N4O6/c1-31(13-11-22-40(50)47(25-26-49)29-32-14-5-2-6-15-32)44(54)38-28-37(46-42(52)35-19-9-4-10-20-35)23-24-39(38)48(43(44)53)30-33-16-12-21-36(27-33)45-41(51)34-17-7-3-8-18-34/h2-21,23-24,27-28,31,49,54H,22,25-26,29-30H2,1H3,(H,45,51)(H,46,52)/b13-11+/t31-,44+/m1/s1. The normalized spacial score (nSPS) is 15.5. The van der Waals surface area contributed by atoms with Gasteiger partial charge in [-0.15, -0.1) is 0 Å². The van der Waals surface area contributed by atoms with Crippen LogP contribution >= 0.6 is 0 Å². The Kier molecular flexibility index (Phi) is 11.8. The maximum Gasteiger partial charge on any atom is 0.264 e. The first-order valence-electron chi connectivity index (χ1n) is 17.8. The summed E-state index contributed by atoms with van der Waals surface area (Å²) in [7, 11) is 0. The summed E-state index contributed by atoms with van der Waals surface area (Å²) < 4.78 is 0. The van der Waals surface area contributed by atoms with Crippen LogP contribution in [0.25, 0.3) is 0 Å². The Morgan fingerprint density at radius 2 is 1.33 bits per heavy atom. The van der Waals surface area contributed by atoms with E-state index in [0.29, 0.717) is 45.9 Å². The Balaban J connectivity index is 1.25. The second-order valence-corrected chi connectivity index (χ2v) is 13.2. The fourth-order valence-electron chi connectivity index (χ4n) is 6.56. The monoisotopic (exact) mass is 722 g/mol. The van der Waals surface area contributed by atoms with Crippen molar-refractivity contribution in [3.63, 3.8) is 0 Å². The number of anilines is 3. The smallest absolute Gasteiger partial charge is 0.264 e. The van der Waals surface area contributed by atoms with E-state index < -0.39 is 17.4 Å². The molecule has 2 atom stereocenters. The lowest BCUT2D eigenvalue weighted by atomic mass is 9.82. The maximum atomic E-state index is 14.4. The van der Waals surface area contributed by atoms with Crippen LogP contribution in [0.3, 0.4) is 0 Å². The number of aliphatic hydroxyl groups is 2. The molecule has 54 heavy (non-hydrogen) atoms. The molecule has 5 aromatic carbocycles. The second kappa shape index (κ2) is 17.0. The van der Waals surface area contributed by atoms with E-state index in [1.54, 1.807) is 109 Å². The van der Waals surface area contributed by atoms with Crippen molar-refractivity contribution in [3.8, 4) is 0 Å². The van der Waals surface area contributed by atoms with Crippen molar-refractivity contribution in [1.29, 1.82) is 0 Å².